The summed E-state index contributed by atoms with van der Waals surface area (Å²) in [5.41, 5.74) is 0. The molecule has 1 aliphatic rings. The van der Waals surface area contributed by atoms with Crippen LogP contribution in [-0.4, -0.2) is 63.0 Å². The molecular weight excluding hydrogens is 334 g/mol. The molecule has 1 fully saturated rings. The molecule has 0 aromatic heterocycles. The van der Waals surface area contributed by atoms with Gasteiger partial charge in [-0.1, -0.05) is 39.0 Å². The van der Waals surface area contributed by atoms with Crippen molar-refractivity contribution in [3.63, 3.8) is 0 Å². The fourth-order valence-corrected chi connectivity index (χ4v) is 3.03. The molecule has 1 rings (SSSR count). The van der Waals surface area contributed by atoms with Crippen LogP contribution in [0.2, 0.25) is 0 Å². The van der Waals surface area contributed by atoms with Crippen LogP contribution in [0.5, 0.6) is 0 Å². The highest BCUT2D eigenvalue weighted by molar-refractivity contribution is 5.74. The van der Waals surface area contributed by atoms with Crippen molar-refractivity contribution in [1.29, 1.82) is 0 Å². The Morgan fingerprint density at radius 3 is 2.35 bits per heavy atom. The maximum atomic E-state index is 11.9. The largest absolute Gasteiger partial charge is 0.453 e. The molecule has 0 aliphatic carbocycles. The first-order valence-corrected chi connectivity index (χ1v) is 10.1. The van der Waals surface area contributed by atoms with Crippen LogP contribution >= 0.6 is 0 Å². The highest BCUT2D eigenvalue weighted by Crippen LogP contribution is 2.11. The molecule has 26 heavy (non-hydrogen) atoms. The van der Waals surface area contributed by atoms with Gasteiger partial charge in [-0.25, -0.2) is 9.59 Å². The van der Waals surface area contributed by atoms with E-state index in [9.17, 15) is 9.59 Å². The number of nitrogens with one attached hydrogen (secondary N) is 2. The van der Waals surface area contributed by atoms with Gasteiger partial charge in [0.05, 0.1) is 7.11 Å². The van der Waals surface area contributed by atoms with Crippen LogP contribution in [0.15, 0.2) is 0 Å². The molecule has 0 spiro atoms. The third kappa shape index (κ3) is 10.5. The summed E-state index contributed by atoms with van der Waals surface area (Å²) in [7, 11) is 1.39. The van der Waals surface area contributed by atoms with Crippen molar-refractivity contribution in [2.45, 2.75) is 70.8 Å². The van der Waals surface area contributed by atoms with E-state index in [0.717, 1.165) is 32.3 Å². The second-order valence-electron chi connectivity index (χ2n) is 6.87. The Balaban J connectivity index is 1.91. The normalized spacial score (nSPS) is 14.9. The number of likely N-dealkylation sites (tertiary alicyclic amines) is 1. The van der Waals surface area contributed by atoms with Crippen molar-refractivity contribution >= 4 is 12.1 Å². The van der Waals surface area contributed by atoms with Crippen LogP contribution in [0.25, 0.3) is 0 Å². The zero-order chi connectivity index (χ0) is 19.0. The Labute approximate surface area is 158 Å². The lowest BCUT2D eigenvalue weighted by molar-refractivity contribution is 0.110. The van der Waals surface area contributed by atoms with Gasteiger partial charge in [0.2, 0.25) is 0 Å². The maximum Gasteiger partial charge on any atom is 0.409 e. The number of methoxy groups -OCH3 is 1. The number of ether oxygens (including phenoxy) is 2. The number of carbonyl (C=O) groups is 2. The quantitative estimate of drug-likeness (QED) is 0.516. The molecule has 7 nitrogen and oxygen atoms in total. The van der Waals surface area contributed by atoms with E-state index >= 15 is 0 Å². The minimum Gasteiger partial charge on any atom is -0.453 e. The number of unbranched alkanes of at least 4 members (excludes halogenated alkanes) is 5. The van der Waals surface area contributed by atoms with Gasteiger partial charge in [0.15, 0.2) is 0 Å². The molecule has 1 aliphatic heterocycles. The highest BCUT2D eigenvalue weighted by Gasteiger charge is 2.23. The van der Waals surface area contributed by atoms with Crippen LogP contribution in [0, 0.1) is 0 Å². The molecule has 0 bridgehead atoms. The van der Waals surface area contributed by atoms with E-state index < -0.39 is 0 Å². The molecule has 2 N–H and O–H groups in total. The topological polar surface area (TPSA) is 79.9 Å². The Morgan fingerprint density at radius 1 is 1.00 bits per heavy atom. The van der Waals surface area contributed by atoms with E-state index in [2.05, 4.69) is 17.6 Å². The summed E-state index contributed by atoms with van der Waals surface area (Å²) in [5.74, 6) is 0. The molecule has 0 radical (unpaired) electrons. The second kappa shape index (κ2) is 14.6. The van der Waals surface area contributed by atoms with E-state index in [-0.39, 0.29) is 18.2 Å². The van der Waals surface area contributed by atoms with E-state index in [1.54, 1.807) is 4.90 Å². The average molecular weight is 372 g/mol. The fraction of sp³-hybridized carbons (Fsp3) is 0.895. The monoisotopic (exact) mass is 371 g/mol. The van der Waals surface area contributed by atoms with Crippen LogP contribution in [0.4, 0.5) is 9.59 Å². The number of nitrogens with zero attached hydrogens (tertiary/aromatic N) is 1. The van der Waals surface area contributed by atoms with Gasteiger partial charge < -0.3 is 25.0 Å². The number of urea groups is 1. The lowest BCUT2D eigenvalue weighted by Crippen LogP contribution is -2.49. The van der Waals surface area contributed by atoms with Gasteiger partial charge in [-0.05, 0) is 25.7 Å². The molecule has 1 heterocycles. The Morgan fingerprint density at radius 2 is 1.65 bits per heavy atom. The first kappa shape index (κ1) is 22.5. The summed E-state index contributed by atoms with van der Waals surface area (Å²) < 4.78 is 10.3. The Bertz CT molecular complexity index is 385. The molecular formula is C19H37N3O4. The number of piperidine rings is 1. The molecule has 3 amide bonds. The van der Waals surface area contributed by atoms with Crippen LogP contribution in [0.1, 0.15) is 64.7 Å². The van der Waals surface area contributed by atoms with Crippen molar-refractivity contribution < 1.29 is 19.1 Å². The van der Waals surface area contributed by atoms with Gasteiger partial charge in [0, 0.05) is 38.9 Å². The molecule has 0 aromatic rings. The van der Waals surface area contributed by atoms with Gasteiger partial charge in [-0.3, -0.25) is 0 Å². The first-order valence-electron chi connectivity index (χ1n) is 10.1. The van der Waals surface area contributed by atoms with Crippen LogP contribution < -0.4 is 10.6 Å². The lowest BCUT2D eigenvalue weighted by atomic mass is 10.1. The first-order chi connectivity index (χ1) is 12.7. The number of amides is 3. The van der Waals surface area contributed by atoms with E-state index in [1.165, 1.54) is 39.2 Å². The lowest BCUT2D eigenvalue weighted by Gasteiger charge is -2.31. The molecule has 1 saturated heterocycles. The average Bonchev–Trinajstić information content (AvgIpc) is 2.66. The zero-order valence-corrected chi connectivity index (χ0v) is 16.6. The van der Waals surface area contributed by atoms with Crippen molar-refractivity contribution in [3.8, 4) is 0 Å². The van der Waals surface area contributed by atoms with Crippen LogP contribution in [0.3, 0.4) is 0 Å². The van der Waals surface area contributed by atoms with Gasteiger partial charge in [0.1, 0.15) is 0 Å². The predicted molar refractivity (Wildman–Crippen MR) is 102 cm³/mol. The van der Waals surface area contributed by atoms with Crippen molar-refractivity contribution in [2.24, 2.45) is 0 Å². The summed E-state index contributed by atoms with van der Waals surface area (Å²) in [5, 5.41) is 5.83. The molecule has 7 heteroatoms. The fourth-order valence-electron chi connectivity index (χ4n) is 3.03. The second-order valence-corrected chi connectivity index (χ2v) is 6.87. The minimum atomic E-state index is -0.297. The highest BCUT2D eigenvalue weighted by atomic mass is 16.5. The minimum absolute atomic E-state index is 0.111. The SMILES string of the molecule is CCCCCCCCOCCCNC(=O)NC1CCN(C(=O)OC)CC1. The number of hydrogen-bond acceptors (Lipinski definition) is 4. The number of rotatable bonds is 12. The summed E-state index contributed by atoms with van der Waals surface area (Å²) >= 11 is 0. The molecule has 0 saturated carbocycles. The van der Waals surface area contributed by atoms with Gasteiger partial charge >= 0.3 is 12.1 Å². The third-order valence-corrected chi connectivity index (χ3v) is 4.66. The van der Waals surface area contributed by atoms with E-state index in [4.69, 9.17) is 9.47 Å². The van der Waals surface area contributed by atoms with Gasteiger partial charge in [-0.2, -0.15) is 0 Å². The predicted octanol–water partition coefficient (Wildman–Crippen LogP) is 3.28. The standard InChI is InChI=1S/C19H37N3O4/c1-3-4-5-6-7-8-15-26-16-9-12-20-18(23)21-17-10-13-22(14-11-17)19(24)25-2/h17H,3-16H2,1-2H3,(H2,20,21,23). The molecule has 152 valence electrons. The third-order valence-electron chi connectivity index (χ3n) is 4.66. The number of hydrogen-bond donors (Lipinski definition) is 2. The van der Waals surface area contributed by atoms with Crippen molar-refractivity contribution in [3.05, 3.63) is 0 Å². The molecule has 0 unspecified atom stereocenters. The summed E-state index contributed by atoms with van der Waals surface area (Å²) in [6.07, 6.45) is 9.65. The Hall–Kier alpha value is -1.50. The van der Waals surface area contributed by atoms with E-state index in [0.29, 0.717) is 26.2 Å². The Kier molecular flexibility index (Phi) is 12.7. The summed E-state index contributed by atoms with van der Waals surface area (Å²) in [4.78, 5) is 25.0. The van der Waals surface area contributed by atoms with Crippen LogP contribution in [-0.2, 0) is 9.47 Å². The van der Waals surface area contributed by atoms with E-state index in [1.807, 2.05) is 0 Å². The van der Waals surface area contributed by atoms with Gasteiger partial charge in [0.25, 0.3) is 0 Å². The summed E-state index contributed by atoms with van der Waals surface area (Å²) in [6.45, 7) is 5.58. The summed E-state index contributed by atoms with van der Waals surface area (Å²) in [6, 6.07) is -0.0303. The van der Waals surface area contributed by atoms with Crippen molar-refractivity contribution in [2.75, 3.05) is 40.0 Å². The maximum absolute atomic E-state index is 11.9. The van der Waals surface area contributed by atoms with Gasteiger partial charge in [-0.15, -0.1) is 0 Å². The zero-order valence-electron chi connectivity index (χ0n) is 16.6. The smallest absolute Gasteiger partial charge is 0.409 e. The number of carbonyl (C=O) groups excluding carboxylic acids is 2. The molecule has 0 atom stereocenters. The molecule has 0 aromatic carbocycles. The van der Waals surface area contributed by atoms with Crippen molar-refractivity contribution in [1.82, 2.24) is 15.5 Å².